The molecule has 0 heterocycles. The predicted molar refractivity (Wildman–Crippen MR) is 125 cm³/mol. The molecule has 31 heavy (non-hydrogen) atoms. The Kier molecular flexibility index (Phi) is 7.57. The molecule has 3 fully saturated rings. The third kappa shape index (κ3) is 5.35. The monoisotopic (exact) mass is 432 g/mol. The van der Waals surface area contributed by atoms with Gasteiger partial charge in [-0.1, -0.05) is 51.0 Å². The molecular formula is C27H44O4. The highest BCUT2D eigenvalue weighted by atomic mass is 16.3. The van der Waals surface area contributed by atoms with Crippen LogP contribution in [0, 0.1) is 23.2 Å². The van der Waals surface area contributed by atoms with E-state index in [2.05, 4.69) is 26.5 Å². The SMILES string of the molecule is C=C1/C(=C/C=C2/CCC[C@]3(C)[C@@H]([C@H](C)CCCC(C)(C)O)CC[C@@H]23)[C@@H](O)[C@@H](O)C[C@@H]1O. The average Bonchev–Trinajstić information content (AvgIpc) is 3.03. The fourth-order valence-corrected chi connectivity index (χ4v) is 6.76. The van der Waals surface area contributed by atoms with Crippen LogP contribution in [0.15, 0.2) is 35.5 Å². The van der Waals surface area contributed by atoms with Gasteiger partial charge in [0.25, 0.3) is 0 Å². The third-order valence-electron chi connectivity index (χ3n) is 8.57. The Morgan fingerprint density at radius 1 is 1.19 bits per heavy atom. The van der Waals surface area contributed by atoms with Crippen molar-refractivity contribution in [3.05, 3.63) is 35.5 Å². The van der Waals surface area contributed by atoms with Crippen molar-refractivity contribution in [1.29, 1.82) is 0 Å². The molecule has 0 bridgehead atoms. The van der Waals surface area contributed by atoms with E-state index < -0.39 is 23.9 Å². The largest absolute Gasteiger partial charge is 0.390 e. The standard InChI is InChI=1S/C27H44O4/c1-17(8-6-14-26(3,4)31)21-12-13-22-19(9-7-15-27(21,22)5)10-11-20-18(2)23(28)16-24(29)25(20)30/h10-11,17,21-25,28-31H,2,6-9,12-16H2,1,3-5H3/b19-10-,20-11-/t17-,21-,22+,23+,24+,25-,27-/m1/s1. The Labute approximate surface area is 188 Å². The van der Waals surface area contributed by atoms with E-state index >= 15 is 0 Å². The second kappa shape index (κ2) is 9.51. The summed E-state index contributed by atoms with van der Waals surface area (Å²) in [4.78, 5) is 0. The molecule has 176 valence electrons. The van der Waals surface area contributed by atoms with Crippen LogP contribution in [-0.4, -0.2) is 44.3 Å². The fourth-order valence-electron chi connectivity index (χ4n) is 6.76. The molecule has 3 aliphatic carbocycles. The summed E-state index contributed by atoms with van der Waals surface area (Å²) in [6.07, 6.45) is 10.6. The molecule has 0 spiro atoms. The average molecular weight is 433 g/mol. The van der Waals surface area contributed by atoms with E-state index in [4.69, 9.17) is 0 Å². The Morgan fingerprint density at radius 3 is 2.58 bits per heavy atom. The molecule has 0 aromatic rings. The molecule has 3 rings (SSSR count). The van der Waals surface area contributed by atoms with Crippen LogP contribution in [0.3, 0.4) is 0 Å². The van der Waals surface area contributed by atoms with E-state index in [9.17, 15) is 20.4 Å². The van der Waals surface area contributed by atoms with Gasteiger partial charge in [-0.15, -0.1) is 0 Å². The van der Waals surface area contributed by atoms with E-state index in [1.165, 1.54) is 37.7 Å². The lowest BCUT2D eigenvalue weighted by atomic mass is 9.60. The summed E-state index contributed by atoms with van der Waals surface area (Å²) in [7, 11) is 0. The smallest absolute Gasteiger partial charge is 0.105 e. The molecule has 0 aromatic heterocycles. The lowest BCUT2D eigenvalue weighted by molar-refractivity contribution is -0.00211. The second-order valence-corrected chi connectivity index (χ2v) is 11.4. The Bertz CT molecular complexity index is 715. The number of rotatable bonds is 6. The molecular weight excluding hydrogens is 388 g/mol. The summed E-state index contributed by atoms with van der Waals surface area (Å²) in [6, 6.07) is 0. The van der Waals surface area contributed by atoms with Gasteiger partial charge in [-0.05, 0) is 86.7 Å². The van der Waals surface area contributed by atoms with Crippen LogP contribution in [-0.2, 0) is 0 Å². The molecule has 3 aliphatic rings. The van der Waals surface area contributed by atoms with Crippen LogP contribution in [0.4, 0.5) is 0 Å². The summed E-state index contributed by atoms with van der Waals surface area (Å²) in [6.45, 7) is 12.6. The third-order valence-corrected chi connectivity index (χ3v) is 8.57. The number of allylic oxidation sites excluding steroid dienone is 3. The molecule has 7 atom stereocenters. The normalized spacial score (nSPS) is 40.4. The number of hydrogen-bond acceptors (Lipinski definition) is 4. The first-order valence-electron chi connectivity index (χ1n) is 12.3. The number of hydrogen-bond donors (Lipinski definition) is 4. The van der Waals surface area contributed by atoms with Crippen molar-refractivity contribution < 1.29 is 20.4 Å². The maximum atomic E-state index is 10.4. The minimum absolute atomic E-state index is 0.141. The Balaban J connectivity index is 1.74. The molecule has 0 saturated heterocycles. The molecule has 4 nitrogen and oxygen atoms in total. The van der Waals surface area contributed by atoms with E-state index in [0.717, 1.165) is 19.3 Å². The molecule has 0 aromatic carbocycles. The van der Waals surface area contributed by atoms with Gasteiger partial charge in [0.05, 0.1) is 17.8 Å². The van der Waals surface area contributed by atoms with Gasteiger partial charge in [0.2, 0.25) is 0 Å². The quantitative estimate of drug-likeness (QED) is 0.491. The van der Waals surface area contributed by atoms with E-state index in [0.29, 0.717) is 34.3 Å². The van der Waals surface area contributed by atoms with E-state index in [1.54, 1.807) is 0 Å². The lowest BCUT2D eigenvalue weighted by Gasteiger charge is -2.44. The van der Waals surface area contributed by atoms with E-state index in [1.807, 2.05) is 19.9 Å². The molecule has 0 unspecified atom stereocenters. The summed E-state index contributed by atoms with van der Waals surface area (Å²) in [5, 5.41) is 40.6. The van der Waals surface area contributed by atoms with Gasteiger partial charge in [-0.2, -0.15) is 0 Å². The van der Waals surface area contributed by atoms with Crippen molar-refractivity contribution in [1.82, 2.24) is 0 Å². The summed E-state index contributed by atoms with van der Waals surface area (Å²) in [5.74, 6) is 1.92. The van der Waals surface area contributed by atoms with Crippen LogP contribution in [0.5, 0.6) is 0 Å². The minimum Gasteiger partial charge on any atom is -0.390 e. The number of fused-ring (bicyclic) bond motifs is 1. The zero-order valence-corrected chi connectivity index (χ0v) is 20.0. The molecule has 3 saturated carbocycles. The highest BCUT2D eigenvalue weighted by Crippen LogP contribution is 2.60. The second-order valence-electron chi connectivity index (χ2n) is 11.4. The van der Waals surface area contributed by atoms with Gasteiger partial charge < -0.3 is 20.4 Å². The van der Waals surface area contributed by atoms with Crippen LogP contribution in [0.25, 0.3) is 0 Å². The predicted octanol–water partition coefficient (Wildman–Crippen LogP) is 4.68. The molecule has 0 aliphatic heterocycles. The van der Waals surface area contributed by atoms with Crippen LogP contribution < -0.4 is 0 Å². The van der Waals surface area contributed by atoms with Crippen LogP contribution in [0.2, 0.25) is 0 Å². The van der Waals surface area contributed by atoms with Crippen molar-refractivity contribution in [2.75, 3.05) is 0 Å². The summed E-state index contributed by atoms with van der Waals surface area (Å²) in [5.41, 5.74) is 2.27. The maximum Gasteiger partial charge on any atom is 0.105 e. The summed E-state index contributed by atoms with van der Waals surface area (Å²) >= 11 is 0. The van der Waals surface area contributed by atoms with Crippen molar-refractivity contribution in [2.24, 2.45) is 23.2 Å². The first-order valence-corrected chi connectivity index (χ1v) is 12.3. The maximum absolute atomic E-state index is 10.4. The molecule has 0 amide bonds. The van der Waals surface area contributed by atoms with Gasteiger partial charge >= 0.3 is 0 Å². The highest BCUT2D eigenvalue weighted by molar-refractivity contribution is 5.41. The summed E-state index contributed by atoms with van der Waals surface area (Å²) < 4.78 is 0. The van der Waals surface area contributed by atoms with Crippen molar-refractivity contribution >= 4 is 0 Å². The van der Waals surface area contributed by atoms with Gasteiger partial charge in [-0.3, -0.25) is 0 Å². The lowest BCUT2D eigenvalue weighted by Crippen LogP contribution is -2.39. The van der Waals surface area contributed by atoms with Crippen molar-refractivity contribution in [3.8, 4) is 0 Å². The highest BCUT2D eigenvalue weighted by Gasteiger charge is 2.50. The number of aliphatic hydroxyl groups is 4. The molecule has 0 radical (unpaired) electrons. The fraction of sp³-hybridized carbons (Fsp3) is 0.778. The van der Waals surface area contributed by atoms with Crippen LogP contribution in [0.1, 0.15) is 85.5 Å². The Morgan fingerprint density at radius 2 is 1.90 bits per heavy atom. The number of aliphatic hydroxyl groups excluding tert-OH is 3. The molecule has 4 N–H and O–H groups in total. The van der Waals surface area contributed by atoms with Gasteiger partial charge in [0.1, 0.15) is 6.10 Å². The van der Waals surface area contributed by atoms with Gasteiger partial charge in [0.15, 0.2) is 0 Å². The van der Waals surface area contributed by atoms with Crippen LogP contribution >= 0.6 is 0 Å². The van der Waals surface area contributed by atoms with E-state index in [-0.39, 0.29) is 6.42 Å². The van der Waals surface area contributed by atoms with Crippen molar-refractivity contribution in [3.63, 3.8) is 0 Å². The zero-order valence-electron chi connectivity index (χ0n) is 20.0. The topological polar surface area (TPSA) is 80.9 Å². The molecule has 4 heteroatoms. The Hall–Kier alpha value is -0.940. The minimum atomic E-state index is -0.977. The van der Waals surface area contributed by atoms with Crippen molar-refractivity contribution in [2.45, 2.75) is 109 Å². The first-order chi connectivity index (χ1) is 14.4. The van der Waals surface area contributed by atoms with Gasteiger partial charge in [0, 0.05) is 6.42 Å². The zero-order chi connectivity index (χ0) is 23.0. The van der Waals surface area contributed by atoms with Gasteiger partial charge in [-0.25, -0.2) is 0 Å². The first kappa shape index (κ1) is 24.7.